The molecule has 1 spiro atoms. The van der Waals surface area contributed by atoms with Crippen LogP contribution in [0.4, 0.5) is 5.82 Å². The zero-order chi connectivity index (χ0) is 16.3. The molecular weight excluding hydrogens is 296 g/mol. The number of ether oxygens (including phenoxy) is 2. The molecule has 0 N–H and O–H groups in total. The van der Waals surface area contributed by atoms with Crippen molar-refractivity contribution in [1.82, 2.24) is 15.1 Å². The fourth-order valence-corrected chi connectivity index (χ4v) is 3.15. The SMILES string of the molecule is CCN(CC)c1ccc(C(=O)N2CCC3(CC2)OCCO3)nn1. The fourth-order valence-electron chi connectivity index (χ4n) is 3.15. The van der Waals surface area contributed by atoms with Gasteiger partial charge in [0.15, 0.2) is 17.3 Å². The lowest BCUT2D eigenvalue weighted by Gasteiger charge is -2.37. The maximum Gasteiger partial charge on any atom is 0.274 e. The van der Waals surface area contributed by atoms with Gasteiger partial charge in [-0.15, -0.1) is 10.2 Å². The van der Waals surface area contributed by atoms with Crippen molar-refractivity contribution >= 4 is 11.7 Å². The number of aromatic nitrogens is 2. The molecule has 3 heterocycles. The van der Waals surface area contributed by atoms with E-state index in [9.17, 15) is 4.79 Å². The van der Waals surface area contributed by atoms with Crippen LogP contribution in [0, 0.1) is 0 Å². The fraction of sp³-hybridized carbons (Fsp3) is 0.688. The van der Waals surface area contributed by atoms with Gasteiger partial charge in [0, 0.05) is 39.0 Å². The Kier molecular flexibility index (Phi) is 4.77. The summed E-state index contributed by atoms with van der Waals surface area (Å²) in [4.78, 5) is 16.5. The first-order chi connectivity index (χ1) is 11.2. The highest BCUT2D eigenvalue weighted by Crippen LogP contribution is 2.31. The van der Waals surface area contributed by atoms with E-state index in [1.54, 1.807) is 11.0 Å². The summed E-state index contributed by atoms with van der Waals surface area (Å²) in [6, 6.07) is 3.62. The number of carbonyl (C=O) groups excluding carboxylic acids is 1. The van der Waals surface area contributed by atoms with Crippen molar-refractivity contribution in [2.75, 3.05) is 44.3 Å². The molecule has 2 saturated heterocycles. The number of nitrogens with zero attached hydrogens (tertiary/aromatic N) is 4. The van der Waals surface area contributed by atoms with Crippen LogP contribution in [0.25, 0.3) is 0 Å². The number of amides is 1. The van der Waals surface area contributed by atoms with Gasteiger partial charge in [0.1, 0.15) is 0 Å². The summed E-state index contributed by atoms with van der Waals surface area (Å²) in [6.07, 6.45) is 1.42. The van der Waals surface area contributed by atoms with E-state index in [-0.39, 0.29) is 5.91 Å². The molecule has 2 fully saturated rings. The Labute approximate surface area is 136 Å². The highest BCUT2D eigenvalue weighted by molar-refractivity contribution is 5.92. The predicted octanol–water partition coefficient (Wildman–Crippen LogP) is 1.30. The smallest absolute Gasteiger partial charge is 0.274 e. The second-order valence-corrected chi connectivity index (χ2v) is 5.85. The third-order valence-electron chi connectivity index (χ3n) is 4.58. The van der Waals surface area contributed by atoms with Gasteiger partial charge in [0.05, 0.1) is 13.2 Å². The van der Waals surface area contributed by atoms with Gasteiger partial charge in [-0.25, -0.2) is 0 Å². The van der Waals surface area contributed by atoms with Crippen LogP contribution >= 0.6 is 0 Å². The lowest BCUT2D eigenvalue weighted by atomic mass is 10.0. The highest BCUT2D eigenvalue weighted by atomic mass is 16.7. The molecule has 126 valence electrons. The van der Waals surface area contributed by atoms with Gasteiger partial charge in [0.25, 0.3) is 5.91 Å². The number of hydrogen-bond acceptors (Lipinski definition) is 6. The van der Waals surface area contributed by atoms with Crippen LogP contribution in [0.3, 0.4) is 0 Å². The summed E-state index contributed by atoms with van der Waals surface area (Å²) in [5.41, 5.74) is 0.394. The van der Waals surface area contributed by atoms with Crippen molar-refractivity contribution in [3.8, 4) is 0 Å². The zero-order valence-corrected chi connectivity index (χ0v) is 13.8. The van der Waals surface area contributed by atoms with E-state index in [1.807, 2.05) is 6.07 Å². The molecule has 7 heteroatoms. The number of anilines is 1. The number of carbonyl (C=O) groups is 1. The molecule has 7 nitrogen and oxygen atoms in total. The molecule has 23 heavy (non-hydrogen) atoms. The predicted molar refractivity (Wildman–Crippen MR) is 85.4 cm³/mol. The van der Waals surface area contributed by atoms with Crippen molar-refractivity contribution in [3.05, 3.63) is 17.8 Å². The Hall–Kier alpha value is -1.73. The van der Waals surface area contributed by atoms with Crippen LogP contribution in [0.5, 0.6) is 0 Å². The van der Waals surface area contributed by atoms with Crippen molar-refractivity contribution in [3.63, 3.8) is 0 Å². The Bertz CT molecular complexity index is 529. The third kappa shape index (κ3) is 3.30. The van der Waals surface area contributed by atoms with Gasteiger partial charge in [-0.05, 0) is 26.0 Å². The minimum Gasteiger partial charge on any atom is -0.356 e. The van der Waals surface area contributed by atoms with Crippen LogP contribution in [0.1, 0.15) is 37.2 Å². The Morgan fingerprint density at radius 1 is 1.17 bits per heavy atom. The maximum atomic E-state index is 12.6. The minimum atomic E-state index is -0.463. The molecule has 0 aromatic carbocycles. The van der Waals surface area contributed by atoms with E-state index in [0.29, 0.717) is 44.8 Å². The Morgan fingerprint density at radius 2 is 1.83 bits per heavy atom. The normalized spacial score (nSPS) is 20.0. The molecule has 2 aliphatic heterocycles. The van der Waals surface area contributed by atoms with Gasteiger partial charge in [0.2, 0.25) is 0 Å². The minimum absolute atomic E-state index is 0.0727. The van der Waals surface area contributed by atoms with Gasteiger partial charge < -0.3 is 19.3 Å². The molecule has 1 aromatic rings. The maximum absolute atomic E-state index is 12.6. The van der Waals surface area contributed by atoms with Crippen LogP contribution in [-0.4, -0.2) is 66.2 Å². The topological polar surface area (TPSA) is 67.8 Å². The highest BCUT2D eigenvalue weighted by Gasteiger charge is 2.41. The molecule has 0 unspecified atom stereocenters. The number of likely N-dealkylation sites (tertiary alicyclic amines) is 1. The van der Waals surface area contributed by atoms with Crippen LogP contribution in [0.2, 0.25) is 0 Å². The second kappa shape index (κ2) is 6.80. The van der Waals surface area contributed by atoms with Crippen molar-refractivity contribution in [2.24, 2.45) is 0 Å². The zero-order valence-electron chi connectivity index (χ0n) is 13.8. The molecule has 3 rings (SSSR count). The summed E-state index contributed by atoms with van der Waals surface area (Å²) in [5, 5.41) is 8.30. The molecule has 0 saturated carbocycles. The van der Waals surface area contributed by atoms with E-state index in [1.165, 1.54) is 0 Å². The van der Waals surface area contributed by atoms with Crippen LogP contribution in [-0.2, 0) is 9.47 Å². The van der Waals surface area contributed by atoms with E-state index in [4.69, 9.17) is 9.47 Å². The molecule has 1 amide bonds. The summed E-state index contributed by atoms with van der Waals surface area (Å²) in [6.45, 7) is 8.41. The van der Waals surface area contributed by atoms with Gasteiger partial charge in [-0.2, -0.15) is 0 Å². The van der Waals surface area contributed by atoms with Gasteiger partial charge >= 0.3 is 0 Å². The molecule has 0 aliphatic carbocycles. The molecule has 0 bridgehead atoms. The quantitative estimate of drug-likeness (QED) is 0.833. The Balaban J connectivity index is 1.62. The number of hydrogen-bond donors (Lipinski definition) is 0. The second-order valence-electron chi connectivity index (χ2n) is 5.85. The Morgan fingerprint density at radius 3 is 2.35 bits per heavy atom. The molecule has 0 atom stereocenters. The van der Waals surface area contributed by atoms with Gasteiger partial charge in [-0.1, -0.05) is 0 Å². The first-order valence-corrected chi connectivity index (χ1v) is 8.33. The first-order valence-electron chi connectivity index (χ1n) is 8.33. The monoisotopic (exact) mass is 320 g/mol. The third-order valence-corrected chi connectivity index (χ3v) is 4.58. The standard InChI is InChI=1S/C16H24N4O3/c1-3-19(4-2)14-6-5-13(17-18-14)15(21)20-9-7-16(8-10-20)22-11-12-23-16/h5-6H,3-4,7-12H2,1-2H3. The van der Waals surface area contributed by atoms with E-state index < -0.39 is 5.79 Å². The van der Waals surface area contributed by atoms with Crippen molar-refractivity contribution in [2.45, 2.75) is 32.5 Å². The van der Waals surface area contributed by atoms with Crippen LogP contribution < -0.4 is 4.90 Å². The molecular formula is C16H24N4O3. The van der Waals surface area contributed by atoms with Gasteiger partial charge in [-0.3, -0.25) is 4.79 Å². The first kappa shape index (κ1) is 16.1. The summed E-state index contributed by atoms with van der Waals surface area (Å²) in [5.74, 6) is 0.267. The van der Waals surface area contributed by atoms with Crippen LogP contribution in [0.15, 0.2) is 12.1 Å². The van der Waals surface area contributed by atoms with Crippen molar-refractivity contribution < 1.29 is 14.3 Å². The lowest BCUT2D eigenvalue weighted by molar-refractivity contribution is -0.181. The van der Waals surface area contributed by atoms with Crippen molar-refractivity contribution in [1.29, 1.82) is 0 Å². The summed E-state index contributed by atoms with van der Waals surface area (Å²) >= 11 is 0. The lowest BCUT2D eigenvalue weighted by Crippen LogP contribution is -2.47. The average Bonchev–Trinajstić information content (AvgIpc) is 3.05. The molecule has 2 aliphatic rings. The number of rotatable bonds is 4. The molecule has 0 radical (unpaired) electrons. The summed E-state index contributed by atoms with van der Waals surface area (Å²) < 4.78 is 11.4. The molecule has 1 aromatic heterocycles. The van der Waals surface area contributed by atoms with E-state index >= 15 is 0 Å². The number of piperidine rings is 1. The van der Waals surface area contributed by atoms with E-state index in [2.05, 4.69) is 28.9 Å². The average molecular weight is 320 g/mol. The van der Waals surface area contributed by atoms with E-state index in [0.717, 1.165) is 18.9 Å². The largest absolute Gasteiger partial charge is 0.356 e. The summed E-state index contributed by atoms with van der Waals surface area (Å²) in [7, 11) is 0.